The lowest BCUT2D eigenvalue weighted by Crippen LogP contribution is -2.29. The number of aliphatic carboxylic acids is 1. The van der Waals surface area contributed by atoms with Crippen LogP contribution in [0.2, 0.25) is 0 Å². The molecule has 0 heterocycles. The molecule has 1 unspecified atom stereocenters. The van der Waals surface area contributed by atoms with Crippen molar-refractivity contribution in [1.29, 1.82) is 0 Å². The van der Waals surface area contributed by atoms with Crippen molar-refractivity contribution < 1.29 is 24.2 Å². The maximum atomic E-state index is 12.0. The third-order valence-corrected chi connectivity index (χ3v) is 2.79. The zero-order valence-electron chi connectivity index (χ0n) is 12.3. The molecule has 1 amide bonds. The summed E-state index contributed by atoms with van der Waals surface area (Å²) in [5.74, 6) is -0.638. The van der Waals surface area contributed by atoms with Crippen molar-refractivity contribution in [1.82, 2.24) is 5.32 Å². The van der Waals surface area contributed by atoms with Gasteiger partial charge in [0.2, 0.25) is 0 Å². The van der Waals surface area contributed by atoms with Crippen LogP contribution in [-0.4, -0.2) is 43.9 Å². The van der Waals surface area contributed by atoms with Crippen LogP contribution in [0.15, 0.2) is 24.3 Å². The highest BCUT2D eigenvalue weighted by Crippen LogP contribution is 2.13. The molecular formula is C15H21NO5. The van der Waals surface area contributed by atoms with Gasteiger partial charge in [0.15, 0.2) is 0 Å². The summed E-state index contributed by atoms with van der Waals surface area (Å²) in [5, 5.41) is 11.4. The molecule has 0 aromatic heterocycles. The van der Waals surface area contributed by atoms with E-state index in [9.17, 15) is 9.59 Å². The van der Waals surface area contributed by atoms with Gasteiger partial charge in [0.05, 0.1) is 6.61 Å². The zero-order valence-corrected chi connectivity index (χ0v) is 12.3. The molecule has 6 nitrogen and oxygen atoms in total. The van der Waals surface area contributed by atoms with Gasteiger partial charge in [0.25, 0.3) is 5.91 Å². The molecular weight excluding hydrogens is 274 g/mol. The average molecular weight is 295 g/mol. The van der Waals surface area contributed by atoms with Gasteiger partial charge < -0.3 is 19.9 Å². The third-order valence-electron chi connectivity index (χ3n) is 2.79. The minimum Gasteiger partial charge on any atom is -0.491 e. The van der Waals surface area contributed by atoms with E-state index in [0.717, 1.165) is 0 Å². The fraction of sp³-hybridized carbons (Fsp3) is 0.467. The minimum absolute atomic E-state index is 0.0282. The number of carboxylic acid groups (broad SMARTS) is 1. The molecule has 0 aliphatic rings. The summed E-state index contributed by atoms with van der Waals surface area (Å²) in [4.78, 5) is 22.5. The zero-order chi connectivity index (χ0) is 15.7. The number of hydrogen-bond donors (Lipinski definition) is 2. The quantitative estimate of drug-likeness (QED) is 0.675. The Labute approximate surface area is 124 Å². The summed E-state index contributed by atoms with van der Waals surface area (Å²) < 4.78 is 10.3. The van der Waals surface area contributed by atoms with E-state index in [1.54, 1.807) is 38.3 Å². The van der Waals surface area contributed by atoms with Crippen LogP contribution in [-0.2, 0) is 9.53 Å². The number of rotatable bonds is 9. The Balaban J connectivity index is 2.50. The van der Waals surface area contributed by atoms with Crippen molar-refractivity contribution in [3.8, 4) is 5.75 Å². The largest absolute Gasteiger partial charge is 0.491 e. The van der Waals surface area contributed by atoms with Crippen LogP contribution in [0, 0.1) is 5.92 Å². The number of hydrogen-bond acceptors (Lipinski definition) is 4. The van der Waals surface area contributed by atoms with Crippen molar-refractivity contribution in [3.63, 3.8) is 0 Å². The van der Waals surface area contributed by atoms with Gasteiger partial charge in [-0.15, -0.1) is 0 Å². The first-order valence-electron chi connectivity index (χ1n) is 6.74. The topological polar surface area (TPSA) is 84.9 Å². The first-order valence-corrected chi connectivity index (χ1v) is 6.74. The predicted octanol–water partition coefficient (Wildman–Crippen LogP) is 1.55. The second kappa shape index (κ2) is 8.97. The number of amides is 1. The predicted molar refractivity (Wildman–Crippen MR) is 77.6 cm³/mol. The second-order valence-electron chi connectivity index (χ2n) is 4.78. The van der Waals surface area contributed by atoms with Crippen LogP contribution in [0.25, 0.3) is 0 Å². The summed E-state index contributed by atoms with van der Waals surface area (Å²) in [6, 6.07) is 6.82. The maximum Gasteiger partial charge on any atom is 0.303 e. The molecule has 0 aliphatic heterocycles. The maximum absolute atomic E-state index is 12.0. The fourth-order valence-electron chi connectivity index (χ4n) is 1.71. The van der Waals surface area contributed by atoms with Gasteiger partial charge in [-0.1, -0.05) is 13.0 Å². The smallest absolute Gasteiger partial charge is 0.303 e. The Morgan fingerprint density at radius 3 is 2.76 bits per heavy atom. The van der Waals surface area contributed by atoms with Gasteiger partial charge in [-0.05, 0) is 24.1 Å². The molecule has 0 saturated carbocycles. The first kappa shape index (κ1) is 17.0. The molecule has 6 heteroatoms. The lowest BCUT2D eigenvalue weighted by molar-refractivity contribution is -0.137. The van der Waals surface area contributed by atoms with Crippen molar-refractivity contribution in [3.05, 3.63) is 29.8 Å². The molecule has 0 bridgehead atoms. The molecule has 1 atom stereocenters. The van der Waals surface area contributed by atoms with E-state index in [0.29, 0.717) is 31.1 Å². The van der Waals surface area contributed by atoms with Crippen LogP contribution >= 0.6 is 0 Å². The molecule has 1 rings (SSSR count). The summed E-state index contributed by atoms with van der Waals surface area (Å²) in [7, 11) is 1.59. The van der Waals surface area contributed by atoms with Crippen LogP contribution in [0.3, 0.4) is 0 Å². The number of carbonyl (C=O) groups excluding carboxylic acids is 1. The molecule has 116 valence electrons. The summed E-state index contributed by atoms with van der Waals surface area (Å²) in [6.45, 7) is 2.99. The Hall–Kier alpha value is -2.08. The van der Waals surface area contributed by atoms with Crippen LogP contribution in [0.4, 0.5) is 0 Å². The Morgan fingerprint density at radius 1 is 1.33 bits per heavy atom. The van der Waals surface area contributed by atoms with Crippen molar-refractivity contribution in [2.75, 3.05) is 26.9 Å². The first-order chi connectivity index (χ1) is 10.0. The number of methoxy groups -OCH3 is 1. The highest BCUT2D eigenvalue weighted by molar-refractivity contribution is 5.94. The normalized spacial score (nSPS) is 11.7. The van der Waals surface area contributed by atoms with E-state index < -0.39 is 5.97 Å². The molecule has 0 saturated heterocycles. The van der Waals surface area contributed by atoms with Crippen LogP contribution in [0.5, 0.6) is 5.75 Å². The van der Waals surface area contributed by atoms with E-state index in [4.69, 9.17) is 14.6 Å². The number of nitrogens with one attached hydrogen (secondary N) is 1. The Kier molecular flexibility index (Phi) is 7.25. The Morgan fingerprint density at radius 2 is 2.10 bits per heavy atom. The standard InChI is InChI=1S/C15H21NO5/c1-11(8-14(17)18)10-16-15(19)12-4-3-5-13(9-12)21-7-6-20-2/h3-5,9,11H,6-8,10H2,1-2H3,(H,16,19)(H,17,18). The lowest BCUT2D eigenvalue weighted by atomic mass is 10.1. The van der Waals surface area contributed by atoms with Crippen molar-refractivity contribution >= 4 is 11.9 Å². The third kappa shape index (κ3) is 6.76. The molecule has 1 aromatic carbocycles. The molecule has 0 fully saturated rings. The molecule has 1 aromatic rings. The summed E-state index contributed by atoms with van der Waals surface area (Å²) >= 11 is 0. The lowest BCUT2D eigenvalue weighted by Gasteiger charge is -2.11. The number of benzene rings is 1. The second-order valence-corrected chi connectivity index (χ2v) is 4.78. The molecule has 2 N–H and O–H groups in total. The van der Waals surface area contributed by atoms with E-state index in [2.05, 4.69) is 5.32 Å². The van der Waals surface area contributed by atoms with E-state index >= 15 is 0 Å². The molecule has 21 heavy (non-hydrogen) atoms. The minimum atomic E-state index is -0.870. The molecule has 0 aliphatic carbocycles. The van der Waals surface area contributed by atoms with Gasteiger partial charge in [0, 0.05) is 25.6 Å². The van der Waals surface area contributed by atoms with Gasteiger partial charge in [0.1, 0.15) is 12.4 Å². The van der Waals surface area contributed by atoms with Crippen LogP contribution in [0.1, 0.15) is 23.7 Å². The highest BCUT2D eigenvalue weighted by Gasteiger charge is 2.11. The van der Waals surface area contributed by atoms with E-state index in [-0.39, 0.29) is 18.2 Å². The summed E-state index contributed by atoms with van der Waals surface area (Å²) in [5.41, 5.74) is 0.479. The van der Waals surface area contributed by atoms with Crippen molar-refractivity contribution in [2.45, 2.75) is 13.3 Å². The number of carbonyl (C=O) groups is 2. The molecule has 0 radical (unpaired) electrons. The van der Waals surface area contributed by atoms with E-state index in [1.165, 1.54) is 0 Å². The summed E-state index contributed by atoms with van der Waals surface area (Å²) in [6.07, 6.45) is 0.0282. The highest BCUT2D eigenvalue weighted by atomic mass is 16.5. The fourth-order valence-corrected chi connectivity index (χ4v) is 1.71. The van der Waals surface area contributed by atoms with Gasteiger partial charge in [-0.25, -0.2) is 0 Å². The van der Waals surface area contributed by atoms with E-state index in [1.807, 2.05) is 0 Å². The number of ether oxygens (including phenoxy) is 2. The van der Waals surface area contributed by atoms with Gasteiger partial charge >= 0.3 is 5.97 Å². The van der Waals surface area contributed by atoms with Crippen LogP contribution < -0.4 is 10.1 Å². The Bertz CT molecular complexity index is 475. The van der Waals surface area contributed by atoms with Gasteiger partial charge in [-0.2, -0.15) is 0 Å². The number of carboxylic acids is 1. The van der Waals surface area contributed by atoms with Crippen molar-refractivity contribution in [2.24, 2.45) is 5.92 Å². The van der Waals surface area contributed by atoms with Gasteiger partial charge in [-0.3, -0.25) is 9.59 Å². The average Bonchev–Trinajstić information content (AvgIpc) is 2.44. The monoisotopic (exact) mass is 295 g/mol. The molecule has 0 spiro atoms. The SMILES string of the molecule is COCCOc1cccc(C(=O)NCC(C)CC(=O)O)c1.